The largest absolute Gasteiger partial charge is 0.397 e. The Labute approximate surface area is 93.5 Å². The van der Waals surface area contributed by atoms with E-state index in [1.807, 2.05) is 32.0 Å². The minimum absolute atomic E-state index is 0.651. The van der Waals surface area contributed by atoms with Gasteiger partial charge in [0.15, 0.2) is 0 Å². The number of hydrogen-bond acceptors (Lipinski definition) is 2. The zero-order valence-corrected chi connectivity index (χ0v) is 9.42. The van der Waals surface area contributed by atoms with E-state index in [0.717, 1.165) is 16.9 Å². The number of halogens is 1. The summed E-state index contributed by atoms with van der Waals surface area (Å²) in [5, 5.41) is 4.96. The molecule has 0 aliphatic rings. The first-order valence-electron chi connectivity index (χ1n) is 4.67. The van der Waals surface area contributed by atoms with Gasteiger partial charge in [0.25, 0.3) is 0 Å². The van der Waals surface area contributed by atoms with E-state index >= 15 is 0 Å². The Morgan fingerprint density at radius 3 is 2.60 bits per heavy atom. The number of benzene rings is 1. The van der Waals surface area contributed by atoms with Gasteiger partial charge in [-0.1, -0.05) is 23.7 Å². The monoisotopic (exact) mass is 221 g/mol. The summed E-state index contributed by atoms with van der Waals surface area (Å²) in [6.45, 7) is 3.86. The van der Waals surface area contributed by atoms with E-state index in [-0.39, 0.29) is 0 Å². The minimum atomic E-state index is 0.651. The molecule has 2 rings (SSSR count). The number of anilines is 1. The smallest absolute Gasteiger partial charge is 0.0904 e. The standard InChI is InChI=1S/C11H12ClN3/c1-7-4-3-5-10(13)11(7)15-6-9(12)8(2)14-15/h3-6H,13H2,1-2H3. The first kappa shape index (κ1) is 10.1. The summed E-state index contributed by atoms with van der Waals surface area (Å²) in [6.07, 6.45) is 1.77. The number of nitrogens with two attached hydrogens (primary N) is 1. The van der Waals surface area contributed by atoms with Gasteiger partial charge in [0, 0.05) is 6.20 Å². The van der Waals surface area contributed by atoms with Gasteiger partial charge < -0.3 is 5.73 Å². The average molecular weight is 222 g/mol. The Morgan fingerprint density at radius 2 is 2.07 bits per heavy atom. The van der Waals surface area contributed by atoms with Crippen molar-refractivity contribution in [2.75, 3.05) is 5.73 Å². The summed E-state index contributed by atoms with van der Waals surface area (Å²) in [7, 11) is 0. The molecule has 2 N–H and O–H groups in total. The van der Waals surface area contributed by atoms with E-state index in [0.29, 0.717) is 10.7 Å². The van der Waals surface area contributed by atoms with E-state index in [1.165, 1.54) is 0 Å². The molecule has 0 saturated heterocycles. The summed E-state index contributed by atoms with van der Waals surface area (Å²) in [5.74, 6) is 0. The summed E-state index contributed by atoms with van der Waals surface area (Å²) in [5.41, 5.74) is 9.39. The quantitative estimate of drug-likeness (QED) is 0.753. The lowest BCUT2D eigenvalue weighted by Crippen LogP contribution is -2.02. The van der Waals surface area contributed by atoms with E-state index in [4.69, 9.17) is 17.3 Å². The van der Waals surface area contributed by atoms with Crippen molar-refractivity contribution in [2.24, 2.45) is 0 Å². The van der Waals surface area contributed by atoms with Crippen molar-refractivity contribution in [3.05, 3.63) is 40.7 Å². The molecule has 3 nitrogen and oxygen atoms in total. The van der Waals surface area contributed by atoms with Crippen LogP contribution in [0.15, 0.2) is 24.4 Å². The second kappa shape index (κ2) is 3.59. The third kappa shape index (κ3) is 1.70. The number of rotatable bonds is 1. The Hall–Kier alpha value is -1.48. The van der Waals surface area contributed by atoms with Crippen molar-refractivity contribution in [1.29, 1.82) is 0 Å². The number of aromatic nitrogens is 2. The molecule has 0 bridgehead atoms. The predicted molar refractivity (Wildman–Crippen MR) is 62.5 cm³/mol. The van der Waals surface area contributed by atoms with Crippen LogP contribution < -0.4 is 5.73 Å². The van der Waals surface area contributed by atoms with Gasteiger partial charge in [0.05, 0.1) is 22.1 Å². The molecule has 1 aromatic carbocycles. The van der Waals surface area contributed by atoms with Gasteiger partial charge in [-0.2, -0.15) is 5.10 Å². The van der Waals surface area contributed by atoms with Crippen molar-refractivity contribution < 1.29 is 0 Å². The van der Waals surface area contributed by atoms with Crippen molar-refractivity contribution in [2.45, 2.75) is 13.8 Å². The molecule has 0 saturated carbocycles. The van der Waals surface area contributed by atoms with E-state index in [9.17, 15) is 0 Å². The van der Waals surface area contributed by atoms with Crippen LogP contribution in [0.25, 0.3) is 5.69 Å². The summed E-state index contributed by atoms with van der Waals surface area (Å²) >= 11 is 5.96. The van der Waals surface area contributed by atoms with Gasteiger partial charge >= 0.3 is 0 Å². The molecule has 0 atom stereocenters. The van der Waals surface area contributed by atoms with Crippen LogP contribution in [0.2, 0.25) is 5.02 Å². The lowest BCUT2D eigenvalue weighted by Gasteiger charge is -2.08. The van der Waals surface area contributed by atoms with Gasteiger partial charge in [-0.15, -0.1) is 0 Å². The number of nitrogen functional groups attached to an aromatic ring is 1. The molecular formula is C11H12ClN3. The number of aryl methyl sites for hydroxylation is 2. The molecule has 0 spiro atoms. The van der Waals surface area contributed by atoms with Crippen molar-refractivity contribution in [3.8, 4) is 5.69 Å². The van der Waals surface area contributed by atoms with Crippen LogP contribution in [0.1, 0.15) is 11.3 Å². The SMILES string of the molecule is Cc1cccc(N)c1-n1cc(Cl)c(C)n1. The lowest BCUT2D eigenvalue weighted by atomic mass is 10.2. The van der Waals surface area contributed by atoms with Crippen LogP contribution >= 0.6 is 11.6 Å². The van der Waals surface area contributed by atoms with Gasteiger partial charge in [0.2, 0.25) is 0 Å². The van der Waals surface area contributed by atoms with Gasteiger partial charge in [-0.25, -0.2) is 4.68 Å². The molecule has 2 aromatic rings. The molecule has 78 valence electrons. The Morgan fingerprint density at radius 1 is 1.33 bits per heavy atom. The zero-order valence-electron chi connectivity index (χ0n) is 8.66. The van der Waals surface area contributed by atoms with E-state index in [2.05, 4.69) is 5.10 Å². The highest BCUT2D eigenvalue weighted by atomic mass is 35.5. The number of para-hydroxylation sites is 1. The Kier molecular flexibility index (Phi) is 2.40. The third-order valence-electron chi connectivity index (χ3n) is 2.34. The maximum Gasteiger partial charge on any atom is 0.0904 e. The second-order valence-electron chi connectivity index (χ2n) is 3.52. The molecule has 0 amide bonds. The van der Waals surface area contributed by atoms with Crippen LogP contribution in [0.3, 0.4) is 0 Å². The van der Waals surface area contributed by atoms with Crippen LogP contribution in [0.4, 0.5) is 5.69 Å². The van der Waals surface area contributed by atoms with Crippen LogP contribution in [-0.2, 0) is 0 Å². The first-order chi connectivity index (χ1) is 7.09. The molecule has 0 radical (unpaired) electrons. The van der Waals surface area contributed by atoms with Crippen LogP contribution in [0.5, 0.6) is 0 Å². The summed E-state index contributed by atoms with van der Waals surface area (Å²) < 4.78 is 1.72. The third-order valence-corrected chi connectivity index (χ3v) is 2.71. The lowest BCUT2D eigenvalue weighted by molar-refractivity contribution is 0.858. The molecule has 0 unspecified atom stereocenters. The average Bonchev–Trinajstić information content (AvgIpc) is 2.46. The predicted octanol–water partition coefficient (Wildman–Crippen LogP) is 2.72. The first-order valence-corrected chi connectivity index (χ1v) is 5.04. The van der Waals surface area contributed by atoms with Crippen molar-refractivity contribution >= 4 is 17.3 Å². The van der Waals surface area contributed by atoms with Gasteiger partial charge in [0.1, 0.15) is 0 Å². The topological polar surface area (TPSA) is 43.8 Å². The highest BCUT2D eigenvalue weighted by molar-refractivity contribution is 6.31. The molecule has 0 aliphatic carbocycles. The maximum atomic E-state index is 5.96. The van der Waals surface area contributed by atoms with E-state index in [1.54, 1.807) is 10.9 Å². The number of hydrogen-bond donors (Lipinski definition) is 1. The second-order valence-corrected chi connectivity index (χ2v) is 3.93. The summed E-state index contributed by atoms with van der Waals surface area (Å²) in [4.78, 5) is 0. The molecule has 1 aromatic heterocycles. The molecule has 0 aliphatic heterocycles. The maximum absolute atomic E-state index is 5.96. The zero-order chi connectivity index (χ0) is 11.0. The van der Waals surface area contributed by atoms with Gasteiger partial charge in [-0.05, 0) is 25.5 Å². The molecular weight excluding hydrogens is 210 g/mol. The van der Waals surface area contributed by atoms with Gasteiger partial charge in [-0.3, -0.25) is 0 Å². The van der Waals surface area contributed by atoms with Crippen molar-refractivity contribution in [1.82, 2.24) is 9.78 Å². The fourth-order valence-corrected chi connectivity index (χ4v) is 1.68. The Bertz CT molecular complexity index is 463. The normalized spacial score (nSPS) is 10.6. The van der Waals surface area contributed by atoms with Crippen LogP contribution in [-0.4, -0.2) is 9.78 Å². The number of nitrogens with zero attached hydrogens (tertiary/aromatic N) is 2. The minimum Gasteiger partial charge on any atom is -0.397 e. The molecule has 15 heavy (non-hydrogen) atoms. The fraction of sp³-hybridized carbons (Fsp3) is 0.182. The molecule has 0 fully saturated rings. The highest BCUT2D eigenvalue weighted by Gasteiger charge is 2.08. The molecule has 1 heterocycles. The fourth-order valence-electron chi connectivity index (χ4n) is 1.55. The highest BCUT2D eigenvalue weighted by Crippen LogP contribution is 2.23. The molecule has 4 heteroatoms. The van der Waals surface area contributed by atoms with Crippen molar-refractivity contribution in [3.63, 3.8) is 0 Å². The van der Waals surface area contributed by atoms with E-state index < -0.39 is 0 Å². The summed E-state index contributed by atoms with van der Waals surface area (Å²) in [6, 6.07) is 5.77. The Balaban J connectivity index is 2.63. The van der Waals surface area contributed by atoms with Crippen LogP contribution in [0, 0.1) is 13.8 Å².